The van der Waals surface area contributed by atoms with Crippen LogP contribution in [0, 0.1) is 5.92 Å². The molecule has 2 rings (SSSR count). The molecule has 1 atom stereocenters. The molecular formula is C19H27BN2O6. The summed E-state index contributed by atoms with van der Waals surface area (Å²) in [5.74, 6) is 0.0964. The number of pyridine rings is 1. The molecule has 1 amide bonds. The van der Waals surface area contributed by atoms with Crippen LogP contribution in [-0.2, 0) is 11.3 Å². The monoisotopic (exact) mass is 390 g/mol. The SMILES string of the molecule is COc1cc2ccn(CCC(=O)N[C@@H](CC(C)C)B(O)O)c(=O)c2cc1OC. The van der Waals surface area contributed by atoms with E-state index in [4.69, 9.17) is 9.47 Å². The lowest BCUT2D eigenvalue weighted by molar-refractivity contribution is -0.121. The standard InChI is InChI=1S/C19H27BN2O6/c1-12(2)9-17(20(25)26)21-18(23)6-8-22-7-5-13-10-15(27-3)16(28-4)11-14(13)19(22)24/h5,7,10-12,17,25-26H,6,8-9H2,1-4H3,(H,21,23)/t17-/m0/s1. The van der Waals surface area contributed by atoms with Crippen molar-refractivity contribution in [3.05, 3.63) is 34.7 Å². The van der Waals surface area contributed by atoms with E-state index >= 15 is 0 Å². The van der Waals surface area contributed by atoms with Crippen molar-refractivity contribution in [2.45, 2.75) is 39.2 Å². The topological polar surface area (TPSA) is 110 Å². The molecule has 1 aromatic carbocycles. The average molecular weight is 390 g/mol. The van der Waals surface area contributed by atoms with Crippen LogP contribution in [0.1, 0.15) is 26.7 Å². The first-order valence-corrected chi connectivity index (χ1v) is 9.17. The summed E-state index contributed by atoms with van der Waals surface area (Å²) < 4.78 is 11.9. The molecule has 0 unspecified atom stereocenters. The zero-order valence-corrected chi connectivity index (χ0v) is 16.6. The Morgan fingerprint density at radius 1 is 1.21 bits per heavy atom. The smallest absolute Gasteiger partial charge is 0.475 e. The Balaban J connectivity index is 2.15. The lowest BCUT2D eigenvalue weighted by Gasteiger charge is -2.19. The van der Waals surface area contributed by atoms with Crippen LogP contribution in [0.15, 0.2) is 29.2 Å². The highest BCUT2D eigenvalue weighted by Gasteiger charge is 2.25. The fourth-order valence-electron chi connectivity index (χ4n) is 3.05. The molecule has 2 aromatic rings. The number of ether oxygens (including phenoxy) is 2. The zero-order valence-electron chi connectivity index (χ0n) is 16.6. The Morgan fingerprint density at radius 2 is 1.86 bits per heavy atom. The first kappa shape index (κ1) is 21.8. The highest BCUT2D eigenvalue weighted by Crippen LogP contribution is 2.30. The number of nitrogens with one attached hydrogen (secondary N) is 1. The summed E-state index contributed by atoms with van der Waals surface area (Å²) >= 11 is 0. The van der Waals surface area contributed by atoms with E-state index in [9.17, 15) is 19.6 Å². The molecule has 0 saturated carbocycles. The molecule has 3 N–H and O–H groups in total. The van der Waals surface area contributed by atoms with E-state index in [2.05, 4.69) is 5.32 Å². The minimum Gasteiger partial charge on any atom is -0.493 e. The number of aromatic nitrogens is 1. The van der Waals surface area contributed by atoms with Crippen LogP contribution >= 0.6 is 0 Å². The molecule has 0 aliphatic rings. The second-order valence-corrected chi connectivity index (χ2v) is 7.08. The van der Waals surface area contributed by atoms with Crippen LogP contribution in [-0.4, -0.2) is 47.8 Å². The number of hydrogen-bond donors (Lipinski definition) is 3. The molecule has 28 heavy (non-hydrogen) atoms. The van der Waals surface area contributed by atoms with E-state index in [0.29, 0.717) is 28.7 Å². The van der Waals surface area contributed by atoms with Crippen molar-refractivity contribution in [1.82, 2.24) is 9.88 Å². The minimum absolute atomic E-state index is 0.0417. The predicted molar refractivity (Wildman–Crippen MR) is 108 cm³/mol. The van der Waals surface area contributed by atoms with Gasteiger partial charge in [-0.3, -0.25) is 9.59 Å². The normalized spacial score (nSPS) is 12.1. The van der Waals surface area contributed by atoms with Crippen LogP contribution in [0.25, 0.3) is 10.8 Å². The number of methoxy groups -OCH3 is 2. The molecule has 9 heteroatoms. The van der Waals surface area contributed by atoms with E-state index < -0.39 is 13.1 Å². The maximum absolute atomic E-state index is 12.7. The Kier molecular flexibility index (Phi) is 7.48. The lowest BCUT2D eigenvalue weighted by atomic mass is 9.75. The average Bonchev–Trinajstić information content (AvgIpc) is 2.65. The third-order valence-corrected chi connectivity index (χ3v) is 4.49. The van der Waals surface area contributed by atoms with Crippen molar-refractivity contribution in [2.75, 3.05) is 14.2 Å². The van der Waals surface area contributed by atoms with E-state index in [1.165, 1.54) is 18.8 Å². The van der Waals surface area contributed by atoms with Gasteiger partial charge in [0.2, 0.25) is 5.91 Å². The fraction of sp³-hybridized carbons (Fsp3) is 0.474. The molecule has 0 spiro atoms. The number of aryl methyl sites for hydroxylation is 1. The Labute approximate surface area is 164 Å². The molecule has 0 aliphatic heterocycles. The quantitative estimate of drug-likeness (QED) is 0.550. The Bertz CT molecular complexity index is 881. The third kappa shape index (κ3) is 5.27. The van der Waals surface area contributed by atoms with Gasteiger partial charge in [-0.05, 0) is 35.9 Å². The predicted octanol–water partition coefficient (Wildman–Crippen LogP) is 0.952. The van der Waals surface area contributed by atoms with Crippen LogP contribution in [0.3, 0.4) is 0 Å². The van der Waals surface area contributed by atoms with Crippen LogP contribution < -0.4 is 20.3 Å². The molecule has 8 nitrogen and oxygen atoms in total. The minimum atomic E-state index is -1.63. The second-order valence-electron chi connectivity index (χ2n) is 7.08. The van der Waals surface area contributed by atoms with Gasteiger partial charge < -0.3 is 29.4 Å². The number of benzene rings is 1. The van der Waals surface area contributed by atoms with E-state index in [0.717, 1.165) is 0 Å². The van der Waals surface area contributed by atoms with Gasteiger partial charge in [0.15, 0.2) is 11.5 Å². The highest BCUT2D eigenvalue weighted by molar-refractivity contribution is 6.43. The molecule has 0 fully saturated rings. The number of rotatable bonds is 9. The summed E-state index contributed by atoms with van der Waals surface area (Å²) in [5.41, 5.74) is -0.243. The van der Waals surface area contributed by atoms with Gasteiger partial charge in [0.1, 0.15) is 0 Å². The fourth-order valence-corrected chi connectivity index (χ4v) is 3.05. The maximum Gasteiger partial charge on any atom is 0.475 e. The number of fused-ring (bicyclic) bond motifs is 1. The van der Waals surface area contributed by atoms with E-state index in [1.54, 1.807) is 24.4 Å². The van der Waals surface area contributed by atoms with Crippen LogP contribution in [0.4, 0.5) is 0 Å². The summed E-state index contributed by atoms with van der Waals surface area (Å²) in [6.45, 7) is 4.03. The van der Waals surface area contributed by atoms with Gasteiger partial charge in [0.05, 0.1) is 25.5 Å². The molecule has 1 aromatic heterocycles. The highest BCUT2D eigenvalue weighted by atomic mass is 16.5. The van der Waals surface area contributed by atoms with Gasteiger partial charge in [-0.2, -0.15) is 0 Å². The molecule has 1 heterocycles. The second kappa shape index (κ2) is 9.61. The Morgan fingerprint density at radius 3 is 2.43 bits per heavy atom. The van der Waals surface area contributed by atoms with Gasteiger partial charge in [0, 0.05) is 19.2 Å². The first-order valence-electron chi connectivity index (χ1n) is 9.17. The van der Waals surface area contributed by atoms with Crippen molar-refractivity contribution in [3.8, 4) is 11.5 Å². The van der Waals surface area contributed by atoms with Gasteiger partial charge in [0.25, 0.3) is 5.56 Å². The number of hydrogen-bond acceptors (Lipinski definition) is 6. The third-order valence-electron chi connectivity index (χ3n) is 4.49. The molecule has 152 valence electrons. The summed E-state index contributed by atoms with van der Waals surface area (Å²) in [4.78, 5) is 24.9. The van der Waals surface area contributed by atoms with Crippen molar-refractivity contribution in [3.63, 3.8) is 0 Å². The van der Waals surface area contributed by atoms with Gasteiger partial charge in [-0.1, -0.05) is 13.8 Å². The van der Waals surface area contributed by atoms with Crippen molar-refractivity contribution >= 4 is 23.8 Å². The van der Waals surface area contributed by atoms with Crippen molar-refractivity contribution in [2.24, 2.45) is 5.92 Å². The number of nitrogens with zero attached hydrogens (tertiary/aromatic N) is 1. The van der Waals surface area contributed by atoms with Crippen LogP contribution in [0.5, 0.6) is 11.5 Å². The van der Waals surface area contributed by atoms with Gasteiger partial charge >= 0.3 is 7.12 Å². The maximum atomic E-state index is 12.7. The molecule has 0 radical (unpaired) electrons. The lowest BCUT2D eigenvalue weighted by Crippen LogP contribution is -2.47. The summed E-state index contributed by atoms with van der Waals surface area (Å²) in [7, 11) is 1.40. The van der Waals surface area contributed by atoms with Crippen molar-refractivity contribution in [1.29, 1.82) is 0 Å². The van der Waals surface area contributed by atoms with Crippen LogP contribution in [0.2, 0.25) is 0 Å². The Hall–Kier alpha value is -2.52. The summed E-state index contributed by atoms with van der Waals surface area (Å²) in [6, 6.07) is 5.12. The molecule has 0 saturated heterocycles. The van der Waals surface area contributed by atoms with Gasteiger partial charge in [-0.25, -0.2) is 0 Å². The zero-order chi connectivity index (χ0) is 20.8. The summed E-state index contributed by atoms with van der Waals surface area (Å²) in [6.07, 6.45) is 2.11. The van der Waals surface area contributed by atoms with Crippen molar-refractivity contribution < 1.29 is 24.3 Å². The van der Waals surface area contributed by atoms with E-state index in [-0.39, 0.29) is 30.3 Å². The number of carbonyl (C=O) groups is 1. The molecule has 0 bridgehead atoms. The van der Waals surface area contributed by atoms with E-state index in [1.807, 2.05) is 13.8 Å². The molecule has 0 aliphatic carbocycles. The molecular weight excluding hydrogens is 363 g/mol. The first-order chi connectivity index (χ1) is 13.3. The number of amides is 1. The largest absolute Gasteiger partial charge is 0.493 e. The summed E-state index contributed by atoms with van der Waals surface area (Å²) in [5, 5.41) is 22.6. The van der Waals surface area contributed by atoms with Gasteiger partial charge in [-0.15, -0.1) is 0 Å². The number of carbonyl (C=O) groups excluding carboxylic acids is 1.